The Labute approximate surface area is 313 Å². The van der Waals surface area contributed by atoms with E-state index in [1.165, 1.54) is 37.9 Å². The first-order valence-electron chi connectivity index (χ1n) is 17.8. The standard InChI is InChI=1S/C48H38INO/c1-48(49)29-11-22-45(50(37-25-23-32-12-2-4-15-35(32)30-37)38-26-24-33-13-3-5-16-36(33)31-38)46(48)44-28-27-42(41-19-8-9-20-43(41)47(44)51)40-21-10-17-34-14-6-7-18-39(34)40/h2-28,30-31,42,45-46,51H,29H2,1H3. The largest absolute Gasteiger partial charge is 0.507 e. The molecular weight excluding hydrogens is 733 g/mol. The van der Waals surface area contributed by atoms with E-state index in [2.05, 4.69) is 210 Å². The monoisotopic (exact) mass is 771 g/mol. The summed E-state index contributed by atoms with van der Waals surface area (Å²) < 4.78 is -0.189. The second-order valence-corrected chi connectivity index (χ2v) is 16.6. The molecule has 0 saturated carbocycles. The van der Waals surface area contributed by atoms with Crippen LogP contribution in [0.2, 0.25) is 0 Å². The van der Waals surface area contributed by atoms with Gasteiger partial charge in [0.15, 0.2) is 0 Å². The summed E-state index contributed by atoms with van der Waals surface area (Å²) in [4.78, 5) is 2.50. The van der Waals surface area contributed by atoms with Gasteiger partial charge in [0.25, 0.3) is 0 Å². The van der Waals surface area contributed by atoms with Gasteiger partial charge >= 0.3 is 0 Å². The smallest absolute Gasteiger partial charge is 0.126 e. The van der Waals surface area contributed by atoms with Gasteiger partial charge in [-0.3, -0.25) is 0 Å². The molecule has 7 aromatic carbocycles. The number of benzene rings is 7. The maximum Gasteiger partial charge on any atom is 0.126 e. The zero-order valence-corrected chi connectivity index (χ0v) is 30.6. The van der Waals surface area contributed by atoms with Gasteiger partial charge in [-0.1, -0.05) is 174 Å². The van der Waals surface area contributed by atoms with Crippen LogP contribution in [-0.4, -0.2) is 14.6 Å². The van der Waals surface area contributed by atoms with Crippen molar-refractivity contribution in [2.24, 2.45) is 5.92 Å². The van der Waals surface area contributed by atoms with E-state index in [1.54, 1.807) is 0 Å². The average Bonchev–Trinajstić information content (AvgIpc) is 3.30. The minimum absolute atomic E-state index is 0.0120. The second-order valence-electron chi connectivity index (χ2n) is 14.1. The maximum atomic E-state index is 12.6. The van der Waals surface area contributed by atoms with E-state index in [0.717, 1.165) is 34.5 Å². The van der Waals surface area contributed by atoms with E-state index in [-0.39, 0.29) is 21.3 Å². The molecule has 9 rings (SSSR count). The number of hydrogen-bond acceptors (Lipinski definition) is 2. The lowest BCUT2D eigenvalue weighted by molar-refractivity contribution is 0.410. The fraction of sp³-hybridized carbons (Fsp3) is 0.125. The van der Waals surface area contributed by atoms with Crippen molar-refractivity contribution in [1.29, 1.82) is 0 Å². The second kappa shape index (κ2) is 12.9. The lowest BCUT2D eigenvalue weighted by atomic mass is 9.74. The van der Waals surface area contributed by atoms with E-state index >= 15 is 0 Å². The molecule has 0 saturated heterocycles. The summed E-state index contributed by atoms with van der Waals surface area (Å²) in [7, 11) is 0. The zero-order chi connectivity index (χ0) is 34.5. The van der Waals surface area contributed by atoms with Crippen LogP contribution in [0.4, 0.5) is 11.4 Å². The molecule has 0 amide bonds. The van der Waals surface area contributed by atoms with E-state index in [9.17, 15) is 5.11 Å². The predicted octanol–water partition coefficient (Wildman–Crippen LogP) is 13.1. The number of hydrogen-bond donors (Lipinski definition) is 1. The van der Waals surface area contributed by atoms with Crippen molar-refractivity contribution >= 4 is 72.0 Å². The highest BCUT2D eigenvalue weighted by Gasteiger charge is 2.45. The van der Waals surface area contributed by atoms with Gasteiger partial charge in [0.1, 0.15) is 5.76 Å². The molecule has 4 unspecified atom stereocenters. The minimum atomic E-state index is -0.189. The first kappa shape index (κ1) is 31.8. The number of rotatable bonds is 5. The number of fused-ring (bicyclic) bond motifs is 4. The Morgan fingerprint density at radius 2 is 1.18 bits per heavy atom. The number of alkyl halides is 1. The minimum Gasteiger partial charge on any atom is -0.507 e. The number of halogens is 1. The predicted molar refractivity (Wildman–Crippen MR) is 224 cm³/mol. The van der Waals surface area contributed by atoms with Gasteiger partial charge < -0.3 is 10.0 Å². The first-order chi connectivity index (χ1) is 25.0. The van der Waals surface area contributed by atoms with Crippen LogP contribution in [0.5, 0.6) is 0 Å². The van der Waals surface area contributed by atoms with Crippen LogP contribution < -0.4 is 4.90 Å². The van der Waals surface area contributed by atoms with Crippen molar-refractivity contribution in [2.45, 2.75) is 28.7 Å². The summed E-state index contributed by atoms with van der Waals surface area (Å²) in [6.07, 6.45) is 10.2. The third kappa shape index (κ3) is 5.64. The molecule has 0 aromatic heterocycles. The molecule has 0 fully saturated rings. The SMILES string of the molecule is CC1(I)CC=CC(N(c2ccc3ccccc3c2)c2ccc3ccccc3c2)C1C1=C(O)c2ccccc2C(c2cccc3ccccc23)C=C1. The highest BCUT2D eigenvalue weighted by Crippen LogP contribution is 2.50. The Kier molecular flexibility index (Phi) is 8.04. The molecular formula is C48H38INO. The summed E-state index contributed by atoms with van der Waals surface area (Å²) in [5.74, 6) is 0.313. The topological polar surface area (TPSA) is 23.5 Å². The number of allylic oxidation sites excluding steroid dienone is 3. The summed E-state index contributed by atoms with van der Waals surface area (Å²) in [5, 5.41) is 19.9. The molecule has 0 aliphatic heterocycles. The molecule has 3 heteroatoms. The summed E-state index contributed by atoms with van der Waals surface area (Å²) in [6.45, 7) is 2.35. The van der Waals surface area contributed by atoms with Crippen LogP contribution in [0.15, 0.2) is 182 Å². The van der Waals surface area contributed by atoms with E-state index in [4.69, 9.17) is 0 Å². The summed E-state index contributed by atoms with van der Waals surface area (Å²) in [6, 6.07) is 54.3. The maximum absolute atomic E-state index is 12.6. The molecule has 7 aromatic rings. The lowest BCUT2D eigenvalue weighted by Gasteiger charge is -2.46. The fourth-order valence-corrected chi connectivity index (χ4v) is 9.45. The van der Waals surface area contributed by atoms with Crippen LogP contribution in [0, 0.1) is 5.92 Å². The van der Waals surface area contributed by atoms with E-state index in [0.29, 0.717) is 5.76 Å². The van der Waals surface area contributed by atoms with Crippen molar-refractivity contribution in [1.82, 2.24) is 0 Å². The summed E-state index contributed by atoms with van der Waals surface area (Å²) >= 11 is 2.66. The fourth-order valence-electron chi connectivity index (χ4n) is 8.49. The number of anilines is 2. The van der Waals surface area contributed by atoms with Gasteiger partial charge in [-0.25, -0.2) is 0 Å². The average molecular weight is 772 g/mol. The normalized spacial score (nSPS) is 21.6. The highest BCUT2D eigenvalue weighted by atomic mass is 127. The Morgan fingerprint density at radius 1 is 0.608 bits per heavy atom. The zero-order valence-electron chi connectivity index (χ0n) is 28.5. The highest BCUT2D eigenvalue weighted by molar-refractivity contribution is 14.1. The lowest BCUT2D eigenvalue weighted by Crippen LogP contribution is -2.47. The molecule has 0 spiro atoms. The molecule has 0 heterocycles. The summed E-state index contributed by atoms with van der Waals surface area (Å²) in [5.41, 5.74) is 6.50. The van der Waals surface area contributed by atoms with Crippen LogP contribution in [0.25, 0.3) is 38.1 Å². The quantitative estimate of drug-likeness (QED) is 0.107. The van der Waals surface area contributed by atoms with Crippen LogP contribution in [-0.2, 0) is 0 Å². The number of nitrogens with zero attached hydrogens (tertiary/aromatic N) is 1. The van der Waals surface area contributed by atoms with Gasteiger partial charge in [-0.15, -0.1) is 0 Å². The first-order valence-corrected chi connectivity index (χ1v) is 18.8. The molecule has 4 atom stereocenters. The molecule has 0 bridgehead atoms. The number of aliphatic hydroxyl groups is 1. The van der Waals surface area contributed by atoms with Gasteiger partial charge in [-0.05, 0) is 81.1 Å². The van der Waals surface area contributed by atoms with Crippen molar-refractivity contribution in [3.05, 3.63) is 198 Å². The molecule has 2 aliphatic rings. The third-order valence-corrected chi connectivity index (χ3v) is 12.1. The van der Waals surface area contributed by atoms with Crippen molar-refractivity contribution in [3.63, 3.8) is 0 Å². The molecule has 51 heavy (non-hydrogen) atoms. The third-order valence-electron chi connectivity index (χ3n) is 10.9. The van der Waals surface area contributed by atoms with Crippen LogP contribution in [0.3, 0.4) is 0 Å². The van der Waals surface area contributed by atoms with Gasteiger partial charge in [0, 0.05) is 37.8 Å². The molecule has 248 valence electrons. The Hall–Kier alpha value is -5.13. The Balaban J connectivity index is 1.25. The Bertz CT molecular complexity index is 2460. The van der Waals surface area contributed by atoms with E-state index < -0.39 is 0 Å². The molecule has 0 radical (unpaired) electrons. The van der Waals surface area contributed by atoms with Crippen LogP contribution in [0.1, 0.15) is 36.0 Å². The molecule has 1 N–H and O–H groups in total. The van der Waals surface area contributed by atoms with Crippen molar-refractivity contribution in [2.75, 3.05) is 4.90 Å². The van der Waals surface area contributed by atoms with Gasteiger partial charge in [-0.2, -0.15) is 0 Å². The van der Waals surface area contributed by atoms with Crippen molar-refractivity contribution in [3.8, 4) is 0 Å². The van der Waals surface area contributed by atoms with Gasteiger partial charge in [0.2, 0.25) is 0 Å². The van der Waals surface area contributed by atoms with Crippen molar-refractivity contribution < 1.29 is 5.11 Å². The molecule has 2 nitrogen and oxygen atoms in total. The molecule has 2 aliphatic carbocycles. The van der Waals surface area contributed by atoms with Gasteiger partial charge in [0.05, 0.1) is 6.04 Å². The number of aliphatic hydroxyl groups excluding tert-OH is 1. The van der Waals surface area contributed by atoms with Crippen LogP contribution >= 0.6 is 22.6 Å². The Morgan fingerprint density at radius 3 is 1.88 bits per heavy atom. The van der Waals surface area contributed by atoms with E-state index in [1.807, 2.05) is 0 Å².